The molecule has 1 aliphatic heterocycles. The lowest BCUT2D eigenvalue weighted by molar-refractivity contribution is -0.137. The van der Waals surface area contributed by atoms with E-state index in [2.05, 4.69) is 15.4 Å². The van der Waals surface area contributed by atoms with Gasteiger partial charge in [0.2, 0.25) is 10.0 Å². The highest BCUT2D eigenvalue weighted by Gasteiger charge is 2.35. The summed E-state index contributed by atoms with van der Waals surface area (Å²) in [6, 6.07) is 18.3. The van der Waals surface area contributed by atoms with E-state index in [-0.39, 0.29) is 16.5 Å². The number of fused-ring (bicyclic) bond motifs is 1. The SMILES string of the molecule is O=C(NCCc1ccccc1)c1ccc([C@H]2Nc3cc(C(F)(F)F)ccc3S(=O)(=O)N2)cc1. The van der Waals surface area contributed by atoms with Crippen molar-refractivity contribution in [3.8, 4) is 0 Å². The summed E-state index contributed by atoms with van der Waals surface area (Å²) in [7, 11) is -4.03. The van der Waals surface area contributed by atoms with Gasteiger partial charge in [-0.1, -0.05) is 42.5 Å². The van der Waals surface area contributed by atoms with E-state index in [0.29, 0.717) is 24.1 Å². The fraction of sp³-hybridized carbons (Fsp3) is 0.174. The Morgan fingerprint density at radius 2 is 1.67 bits per heavy atom. The van der Waals surface area contributed by atoms with Gasteiger partial charge in [-0.05, 0) is 47.9 Å². The Morgan fingerprint density at radius 1 is 0.970 bits per heavy atom. The molecule has 0 spiro atoms. The molecule has 0 fully saturated rings. The van der Waals surface area contributed by atoms with Crippen molar-refractivity contribution in [3.63, 3.8) is 0 Å². The molecule has 0 aromatic heterocycles. The highest BCUT2D eigenvalue weighted by molar-refractivity contribution is 7.89. The number of halogens is 3. The number of anilines is 1. The van der Waals surface area contributed by atoms with E-state index in [9.17, 15) is 26.4 Å². The molecule has 0 bridgehead atoms. The molecule has 1 atom stereocenters. The molecule has 3 N–H and O–H groups in total. The van der Waals surface area contributed by atoms with Crippen LogP contribution in [-0.4, -0.2) is 20.9 Å². The maximum Gasteiger partial charge on any atom is 0.416 e. The molecule has 4 rings (SSSR count). The van der Waals surface area contributed by atoms with Crippen molar-refractivity contribution in [2.45, 2.75) is 23.7 Å². The van der Waals surface area contributed by atoms with Crippen molar-refractivity contribution < 1.29 is 26.4 Å². The van der Waals surface area contributed by atoms with E-state index in [4.69, 9.17) is 0 Å². The van der Waals surface area contributed by atoms with Gasteiger partial charge in [-0.25, -0.2) is 8.42 Å². The Hall–Kier alpha value is -3.37. The van der Waals surface area contributed by atoms with Crippen molar-refractivity contribution >= 4 is 21.6 Å². The molecular weight excluding hydrogens is 455 g/mol. The number of hydrogen-bond acceptors (Lipinski definition) is 4. The third kappa shape index (κ3) is 5.18. The van der Waals surface area contributed by atoms with E-state index in [1.54, 1.807) is 12.1 Å². The number of nitrogens with one attached hydrogen (secondary N) is 3. The van der Waals surface area contributed by atoms with Crippen LogP contribution in [0.4, 0.5) is 18.9 Å². The average Bonchev–Trinajstić information content (AvgIpc) is 2.78. The zero-order chi connectivity index (χ0) is 23.6. The van der Waals surface area contributed by atoms with Crippen LogP contribution in [0.15, 0.2) is 77.7 Å². The molecule has 3 aromatic carbocycles. The quantitative estimate of drug-likeness (QED) is 0.519. The maximum absolute atomic E-state index is 13.0. The van der Waals surface area contributed by atoms with Gasteiger partial charge >= 0.3 is 6.18 Å². The molecule has 1 aliphatic rings. The number of benzene rings is 3. The molecule has 1 heterocycles. The van der Waals surface area contributed by atoms with Crippen molar-refractivity contribution in [1.82, 2.24) is 10.0 Å². The van der Waals surface area contributed by atoms with E-state index < -0.39 is 27.9 Å². The van der Waals surface area contributed by atoms with Crippen LogP contribution in [0.3, 0.4) is 0 Å². The van der Waals surface area contributed by atoms with Gasteiger partial charge in [0.05, 0.1) is 11.3 Å². The van der Waals surface area contributed by atoms with Gasteiger partial charge < -0.3 is 10.6 Å². The molecular formula is C23H20F3N3O3S. The minimum Gasteiger partial charge on any atom is -0.364 e. The Morgan fingerprint density at radius 3 is 2.33 bits per heavy atom. The molecule has 0 unspecified atom stereocenters. The Kier molecular flexibility index (Phi) is 6.13. The lowest BCUT2D eigenvalue weighted by Gasteiger charge is -2.29. The van der Waals surface area contributed by atoms with Crippen molar-refractivity contribution in [2.75, 3.05) is 11.9 Å². The molecule has 0 radical (unpaired) electrons. The summed E-state index contributed by atoms with van der Waals surface area (Å²) in [6.45, 7) is 0.451. The van der Waals surface area contributed by atoms with Gasteiger partial charge in [0.15, 0.2) is 0 Å². The lowest BCUT2D eigenvalue weighted by Crippen LogP contribution is -2.38. The average molecular weight is 475 g/mol. The number of rotatable bonds is 5. The minimum atomic E-state index is -4.60. The second-order valence-electron chi connectivity index (χ2n) is 7.52. The molecule has 0 saturated carbocycles. The summed E-state index contributed by atoms with van der Waals surface area (Å²) in [5, 5.41) is 5.61. The summed E-state index contributed by atoms with van der Waals surface area (Å²) in [4.78, 5) is 12.1. The largest absolute Gasteiger partial charge is 0.416 e. The van der Waals surface area contributed by atoms with Gasteiger partial charge in [-0.3, -0.25) is 4.79 Å². The molecule has 172 valence electrons. The molecule has 6 nitrogen and oxygen atoms in total. The Bertz CT molecular complexity index is 1260. The molecule has 3 aromatic rings. The van der Waals surface area contributed by atoms with Crippen LogP contribution < -0.4 is 15.4 Å². The zero-order valence-electron chi connectivity index (χ0n) is 17.2. The van der Waals surface area contributed by atoms with Gasteiger partial charge in [0.1, 0.15) is 11.1 Å². The monoisotopic (exact) mass is 475 g/mol. The van der Waals surface area contributed by atoms with Crippen molar-refractivity contribution in [3.05, 3.63) is 95.1 Å². The molecule has 0 saturated heterocycles. The van der Waals surface area contributed by atoms with E-state index >= 15 is 0 Å². The molecule has 1 amide bonds. The predicted octanol–water partition coefficient (Wildman–Crippen LogP) is 4.08. The number of carbonyl (C=O) groups excluding carboxylic acids is 1. The lowest BCUT2D eigenvalue weighted by atomic mass is 10.1. The fourth-order valence-corrected chi connectivity index (χ4v) is 4.79. The van der Waals surface area contributed by atoms with Gasteiger partial charge in [0, 0.05) is 12.1 Å². The van der Waals surface area contributed by atoms with Crippen LogP contribution in [0.25, 0.3) is 0 Å². The number of alkyl halides is 3. The van der Waals surface area contributed by atoms with Crippen molar-refractivity contribution in [1.29, 1.82) is 0 Å². The number of hydrogen-bond donors (Lipinski definition) is 3. The maximum atomic E-state index is 13.0. The second kappa shape index (κ2) is 8.87. The number of carbonyl (C=O) groups is 1. The summed E-state index contributed by atoms with van der Waals surface area (Å²) < 4.78 is 66.6. The third-order valence-corrected chi connectivity index (χ3v) is 6.70. The normalized spacial score (nSPS) is 17.0. The van der Waals surface area contributed by atoms with Gasteiger partial charge in [0.25, 0.3) is 5.91 Å². The van der Waals surface area contributed by atoms with E-state index in [0.717, 1.165) is 23.8 Å². The van der Waals surface area contributed by atoms with Crippen LogP contribution in [0.2, 0.25) is 0 Å². The van der Waals surface area contributed by atoms with Crippen LogP contribution in [0.1, 0.15) is 33.2 Å². The zero-order valence-corrected chi connectivity index (χ0v) is 18.0. The first kappa shape index (κ1) is 22.8. The summed E-state index contributed by atoms with van der Waals surface area (Å²) in [5.74, 6) is -0.283. The van der Waals surface area contributed by atoms with Crippen LogP contribution in [-0.2, 0) is 22.6 Å². The summed E-state index contributed by atoms with van der Waals surface area (Å²) in [6.07, 6.45) is -4.91. The highest BCUT2D eigenvalue weighted by atomic mass is 32.2. The minimum absolute atomic E-state index is 0.142. The second-order valence-corrected chi connectivity index (χ2v) is 9.20. The first-order chi connectivity index (χ1) is 15.6. The predicted molar refractivity (Wildman–Crippen MR) is 117 cm³/mol. The third-order valence-electron chi connectivity index (χ3n) is 5.22. The van der Waals surface area contributed by atoms with Crippen LogP contribution in [0.5, 0.6) is 0 Å². The fourth-order valence-electron chi connectivity index (χ4n) is 3.50. The topological polar surface area (TPSA) is 87.3 Å². The molecule has 10 heteroatoms. The summed E-state index contributed by atoms with van der Waals surface area (Å²) >= 11 is 0. The highest BCUT2D eigenvalue weighted by Crippen LogP contribution is 2.37. The van der Waals surface area contributed by atoms with Crippen LogP contribution in [0, 0.1) is 0 Å². The molecule has 0 aliphatic carbocycles. The smallest absolute Gasteiger partial charge is 0.364 e. The van der Waals surface area contributed by atoms with Crippen molar-refractivity contribution in [2.24, 2.45) is 0 Å². The van der Waals surface area contributed by atoms with Gasteiger partial charge in [-0.2, -0.15) is 17.9 Å². The number of sulfonamides is 1. The van der Waals surface area contributed by atoms with E-state index in [1.165, 1.54) is 12.1 Å². The molecule has 33 heavy (non-hydrogen) atoms. The number of amides is 1. The van der Waals surface area contributed by atoms with Crippen LogP contribution >= 0.6 is 0 Å². The first-order valence-electron chi connectivity index (χ1n) is 10.1. The summed E-state index contributed by atoms with van der Waals surface area (Å²) in [5.41, 5.74) is 0.828. The Balaban J connectivity index is 1.46. The van der Waals surface area contributed by atoms with E-state index in [1.807, 2.05) is 30.3 Å². The Labute approximate surface area is 188 Å². The first-order valence-corrected chi connectivity index (χ1v) is 11.5. The van der Waals surface area contributed by atoms with Gasteiger partial charge in [-0.15, -0.1) is 0 Å². The standard InChI is InChI=1S/C23H20F3N3O3S/c24-23(25,26)18-10-11-20-19(14-18)28-21(29-33(20,31)32)16-6-8-17(9-7-16)22(30)27-13-12-15-4-2-1-3-5-15/h1-11,14,21,28-29H,12-13H2,(H,27,30)/t21-/m0/s1.